The summed E-state index contributed by atoms with van der Waals surface area (Å²) < 4.78 is 0. The molecule has 0 aliphatic heterocycles. The van der Waals surface area contributed by atoms with Crippen molar-refractivity contribution in [3.05, 3.63) is 53.2 Å². The molecule has 2 rings (SSSR count). The zero-order valence-electron chi connectivity index (χ0n) is 11.7. The summed E-state index contributed by atoms with van der Waals surface area (Å²) in [6.07, 6.45) is 1.58. The monoisotopic (exact) mass is 266 g/mol. The van der Waals surface area contributed by atoms with Crippen LogP contribution in [0.3, 0.4) is 0 Å². The number of nitrogens with one attached hydrogen (secondary N) is 1. The summed E-state index contributed by atoms with van der Waals surface area (Å²) in [6.45, 7) is 4.97. The van der Waals surface area contributed by atoms with Gasteiger partial charge in [0.1, 0.15) is 6.07 Å². The standard InChI is InChI=1S/C16H18N4/c1-11(2)13-5-3-12(4-6-13)10-20-16-15(18)14(9-17)7-8-19-16/h3-8,11H,10,18H2,1-2H3,(H,19,20). The van der Waals surface area contributed by atoms with Crippen molar-refractivity contribution in [1.29, 1.82) is 5.26 Å². The first kappa shape index (κ1) is 13.9. The summed E-state index contributed by atoms with van der Waals surface area (Å²) in [7, 11) is 0. The highest BCUT2D eigenvalue weighted by Crippen LogP contribution is 2.20. The molecule has 0 aliphatic rings. The third-order valence-corrected chi connectivity index (χ3v) is 3.22. The molecule has 20 heavy (non-hydrogen) atoms. The van der Waals surface area contributed by atoms with E-state index in [1.165, 1.54) is 5.56 Å². The maximum Gasteiger partial charge on any atom is 0.150 e. The number of aromatic nitrogens is 1. The van der Waals surface area contributed by atoms with Gasteiger partial charge in [-0.05, 0) is 23.1 Å². The summed E-state index contributed by atoms with van der Waals surface area (Å²) in [6, 6.07) is 12.1. The van der Waals surface area contributed by atoms with Crippen LogP contribution in [0.4, 0.5) is 11.5 Å². The Morgan fingerprint density at radius 2 is 1.95 bits per heavy atom. The normalized spacial score (nSPS) is 10.3. The predicted octanol–water partition coefficient (Wildman–Crippen LogP) is 3.27. The van der Waals surface area contributed by atoms with E-state index in [1.54, 1.807) is 12.3 Å². The van der Waals surface area contributed by atoms with Crippen LogP contribution in [0.1, 0.15) is 36.5 Å². The van der Waals surface area contributed by atoms with Gasteiger partial charge < -0.3 is 11.1 Å². The van der Waals surface area contributed by atoms with E-state index in [1.807, 2.05) is 6.07 Å². The van der Waals surface area contributed by atoms with Crippen LogP contribution in [0, 0.1) is 11.3 Å². The zero-order valence-corrected chi connectivity index (χ0v) is 11.7. The Kier molecular flexibility index (Phi) is 4.21. The fourth-order valence-electron chi connectivity index (χ4n) is 1.92. The van der Waals surface area contributed by atoms with Crippen LogP contribution in [-0.4, -0.2) is 4.98 Å². The SMILES string of the molecule is CC(C)c1ccc(CNc2nccc(C#N)c2N)cc1. The first-order valence-corrected chi connectivity index (χ1v) is 6.59. The number of nitrogens with two attached hydrogens (primary N) is 1. The minimum absolute atomic E-state index is 0.397. The second-order valence-electron chi connectivity index (χ2n) is 4.98. The Morgan fingerprint density at radius 3 is 2.55 bits per heavy atom. The van der Waals surface area contributed by atoms with Gasteiger partial charge in [0.15, 0.2) is 5.82 Å². The van der Waals surface area contributed by atoms with Gasteiger partial charge in [-0.25, -0.2) is 4.98 Å². The lowest BCUT2D eigenvalue weighted by Crippen LogP contribution is -2.06. The number of anilines is 2. The number of benzene rings is 1. The molecule has 2 aromatic rings. The number of hydrogen-bond acceptors (Lipinski definition) is 4. The van der Waals surface area contributed by atoms with Crippen LogP contribution in [0.15, 0.2) is 36.5 Å². The van der Waals surface area contributed by atoms with E-state index in [9.17, 15) is 0 Å². The van der Waals surface area contributed by atoms with Gasteiger partial charge in [0.25, 0.3) is 0 Å². The van der Waals surface area contributed by atoms with Gasteiger partial charge >= 0.3 is 0 Å². The third kappa shape index (κ3) is 3.07. The minimum atomic E-state index is 0.397. The van der Waals surface area contributed by atoms with Gasteiger partial charge in [-0.1, -0.05) is 38.1 Å². The molecule has 3 N–H and O–H groups in total. The van der Waals surface area contributed by atoms with Crippen molar-refractivity contribution >= 4 is 11.5 Å². The molecule has 1 heterocycles. The van der Waals surface area contributed by atoms with Crippen molar-refractivity contribution in [3.8, 4) is 6.07 Å². The van der Waals surface area contributed by atoms with Gasteiger partial charge in [0, 0.05) is 12.7 Å². The van der Waals surface area contributed by atoms with Crippen LogP contribution >= 0.6 is 0 Å². The number of nitrogens with zero attached hydrogens (tertiary/aromatic N) is 2. The molecule has 4 nitrogen and oxygen atoms in total. The second-order valence-corrected chi connectivity index (χ2v) is 4.98. The third-order valence-electron chi connectivity index (χ3n) is 3.22. The van der Waals surface area contributed by atoms with E-state index in [0.29, 0.717) is 29.5 Å². The lowest BCUT2D eigenvalue weighted by Gasteiger charge is -2.10. The first-order valence-electron chi connectivity index (χ1n) is 6.59. The fourth-order valence-corrected chi connectivity index (χ4v) is 1.92. The number of rotatable bonds is 4. The smallest absolute Gasteiger partial charge is 0.150 e. The molecule has 0 spiro atoms. The second kappa shape index (κ2) is 6.07. The van der Waals surface area contributed by atoms with Crippen LogP contribution in [0.2, 0.25) is 0 Å². The largest absolute Gasteiger partial charge is 0.395 e. The van der Waals surface area contributed by atoms with Crippen molar-refractivity contribution in [2.45, 2.75) is 26.3 Å². The fraction of sp³-hybridized carbons (Fsp3) is 0.250. The van der Waals surface area contributed by atoms with E-state index < -0.39 is 0 Å². The molecule has 102 valence electrons. The average Bonchev–Trinajstić information content (AvgIpc) is 2.46. The molecule has 0 atom stereocenters. The summed E-state index contributed by atoms with van der Waals surface area (Å²) in [5, 5.41) is 12.1. The number of hydrogen-bond donors (Lipinski definition) is 2. The molecule has 0 fully saturated rings. The molecule has 1 aromatic carbocycles. The van der Waals surface area contributed by atoms with Crippen molar-refractivity contribution in [3.63, 3.8) is 0 Å². The number of nitrogen functional groups attached to an aromatic ring is 1. The molecular formula is C16H18N4. The molecule has 1 aromatic heterocycles. The Morgan fingerprint density at radius 1 is 1.25 bits per heavy atom. The maximum atomic E-state index is 8.93. The summed E-state index contributed by atoms with van der Waals surface area (Å²) in [5.41, 5.74) is 9.18. The van der Waals surface area contributed by atoms with Crippen LogP contribution in [-0.2, 0) is 6.54 Å². The number of pyridine rings is 1. The highest BCUT2D eigenvalue weighted by molar-refractivity contribution is 5.68. The summed E-state index contributed by atoms with van der Waals surface area (Å²) >= 11 is 0. The predicted molar refractivity (Wildman–Crippen MR) is 81.2 cm³/mol. The average molecular weight is 266 g/mol. The molecule has 4 heteroatoms. The van der Waals surface area contributed by atoms with Crippen LogP contribution < -0.4 is 11.1 Å². The van der Waals surface area contributed by atoms with Gasteiger partial charge in [0.05, 0.1) is 11.3 Å². The molecule has 0 bridgehead atoms. The van der Waals surface area contributed by atoms with Gasteiger partial charge in [-0.3, -0.25) is 0 Å². The van der Waals surface area contributed by atoms with Crippen molar-refractivity contribution in [1.82, 2.24) is 4.98 Å². The molecule has 0 radical (unpaired) electrons. The Labute approximate surface area is 119 Å². The molecule has 0 saturated heterocycles. The lowest BCUT2D eigenvalue weighted by atomic mass is 10.0. The van der Waals surface area contributed by atoms with E-state index in [-0.39, 0.29) is 0 Å². The van der Waals surface area contributed by atoms with Gasteiger partial charge in [-0.15, -0.1) is 0 Å². The van der Waals surface area contributed by atoms with Gasteiger partial charge in [-0.2, -0.15) is 5.26 Å². The van der Waals surface area contributed by atoms with Crippen molar-refractivity contribution in [2.24, 2.45) is 0 Å². The van der Waals surface area contributed by atoms with E-state index >= 15 is 0 Å². The molecule has 0 saturated carbocycles. The summed E-state index contributed by atoms with van der Waals surface area (Å²) in [4.78, 5) is 4.16. The number of nitriles is 1. The van der Waals surface area contributed by atoms with E-state index in [2.05, 4.69) is 48.4 Å². The molecular weight excluding hydrogens is 248 g/mol. The van der Waals surface area contributed by atoms with Crippen molar-refractivity contribution < 1.29 is 0 Å². The molecule has 0 aliphatic carbocycles. The van der Waals surface area contributed by atoms with Crippen LogP contribution in [0.25, 0.3) is 0 Å². The Balaban J connectivity index is 2.07. The Hall–Kier alpha value is -2.54. The highest BCUT2D eigenvalue weighted by Gasteiger charge is 2.05. The quantitative estimate of drug-likeness (QED) is 0.890. The molecule has 0 amide bonds. The van der Waals surface area contributed by atoms with Gasteiger partial charge in [0.2, 0.25) is 0 Å². The molecule has 0 unspecified atom stereocenters. The highest BCUT2D eigenvalue weighted by atomic mass is 15.0. The van der Waals surface area contributed by atoms with Crippen molar-refractivity contribution in [2.75, 3.05) is 11.1 Å². The van der Waals surface area contributed by atoms with E-state index in [4.69, 9.17) is 11.0 Å². The minimum Gasteiger partial charge on any atom is -0.395 e. The topological polar surface area (TPSA) is 74.7 Å². The maximum absolute atomic E-state index is 8.93. The zero-order chi connectivity index (χ0) is 14.5. The Bertz CT molecular complexity index is 624. The lowest BCUT2D eigenvalue weighted by molar-refractivity contribution is 0.865. The van der Waals surface area contributed by atoms with E-state index in [0.717, 1.165) is 5.56 Å². The first-order chi connectivity index (χ1) is 9.61. The van der Waals surface area contributed by atoms with Crippen LogP contribution in [0.5, 0.6) is 0 Å². The summed E-state index contributed by atoms with van der Waals surface area (Å²) in [5.74, 6) is 1.08.